The Morgan fingerprint density at radius 1 is 1.47 bits per heavy atom. The van der Waals surface area contributed by atoms with Crippen molar-refractivity contribution in [1.82, 2.24) is 5.32 Å². The summed E-state index contributed by atoms with van der Waals surface area (Å²) in [5, 5.41) is 5.38. The highest BCUT2D eigenvalue weighted by atomic mass is 79.9. The largest absolute Gasteiger partial charge is 0.317 e. The molecule has 0 aromatic carbocycles. The summed E-state index contributed by atoms with van der Waals surface area (Å²) in [5.41, 5.74) is 0. The summed E-state index contributed by atoms with van der Waals surface area (Å²) >= 11 is 5.13. The van der Waals surface area contributed by atoms with Crippen molar-refractivity contribution in [3.8, 4) is 0 Å². The molecular formula is C13H18BrNOS. The molecule has 1 aliphatic rings. The number of halogens is 1. The van der Waals surface area contributed by atoms with Crippen molar-refractivity contribution in [3.05, 3.63) is 20.8 Å². The Balaban J connectivity index is 1.72. The molecule has 0 spiro atoms. The summed E-state index contributed by atoms with van der Waals surface area (Å²) in [6.07, 6.45) is 4.88. The van der Waals surface area contributed by atoms with E-state index in [1.54, 1.807) is 11.3 Å². The number of rotatable bonds is 5. The van der Waals surface area contributed by atoms with Crippen molar-refractivity contribution in [2.45, 2.75) is 32.1 Å². The van der Waals surface area contributed by atoms with Crippen LogP contribution in [0, 0.1) is 5.92 Å². The van der Waals surface area contributed by atoms with E-state index in [-0.39, 0.29) is 0 Å². The fourth-order valence-corrected chi connectivity index (χ4v) is 3.78. The molecule has 0 atom stereocenters. The number of hydrogen-bond donors (Lipinski definition) is 1. The zero-order valence-electron chi connectivity index (χ0n) is 9.88. The number of nitrogens with one attached hydrogen (secondary N) is 1. The van der Waals surface area contributed by atoms with Crippen LogP contribution in [0.2, 0.25) is 0 Å². The zero-order valence-corrected chi connectivity index (χ0v) is 12.3. The lowest BCUT2D eigenvalue weighted by Crippen LogP contribution is -2.28. The Kier molecular flexibility index (Phi) is 5.19. The average Bonchev–Trinajstić information content (AvgIpc) is 2.74. The van der Waals surface area contributed by atoms with Gasteiger partial charge in [0.05, 0.1) is 0 Å². The number of hydrogen-bond acceptors (Lipinski definition) is 3. The van der Waals surface area contributed by atoms with Crippen LogP contribution < -0.4 is 5.32 Å². The molecule has 94 valence electrons. The quantitative estimate of drug-likeness (QED) is 0.902. The first-order valence-corrected chi connectivity index (χ1v) is 7.87. The van der Waals surface area contributed by atoms with Crippen LogP contribution in [0.5, 0.6) is 0 Å². The topological polar surface area (TPSA) is 29.1 Å². The molecule has 1 aliphatic heterocycles. The predicted molar refractivity (Wildman–Crippen MR) is 75.6 cm³/mol. The smallest absolute Gasteiger partial charge is 0.138 e. The molecule has 4 heteroatoms. The van der Waals surface area contributed by atoms with Gasteiger partial charge in [0.25, 0.3) is 0 Å². The third kappa shape index (κ3) is 4.19. The predicted octanol–water partition coefficient (Wildman–Crippen LogP) is 3.40. The van der Waals surface area contributed by atoms with Crippen molar-refractivity contribution in [3.63, 3.8) is 0 Å². The van der Waals surface area contributed by atoms with Crippen molar-refractivity contribution in [2.75, 3.05) is 13.1 Å². The van der Waals surface area contributed by atoms with E-state index in [1.165, 1.54) is 17.7 Å². The van der Waals surface area contributed by atoms with Gasteiger partial charge in [-0.1, -0.05) is 0 Å². The van der Waals surface area contributed by atoms with Gasteiger partial charge in [-0.2, -0.15) is 0 Å². The Hall–Kier alpha value is -0.190. The van der Waals surface area contributed by atoms with E-state index >= 15 is 0 Å². The van der Waals surface area contributed by atoms with E-state index in [0.717, 1.165) is 36.3 Å². The molecule has 1 saturated heterocycles. The second kappa shape index (κ2) is 6.66. The number of Topliss-reactive ketones (excluding diaryl/α,β-unsaturated/α-hetero) is 1. The maximum absolute atomic E-state index is 11.9. The molecular weight excluding hydrogens is 298 g/mol. The second-order valence-electron chi connectivity index (χ2n) is 4.64. The molecule has 2 rings (SSSR count). The minimum absolute atomic E-state index is 0.381. The van der Waals surface area contributed by atoms with Gasteiger partial charge < -0.3 is 5.32 Å². The van der Waals surface area contributed by atoms with E-state index in [1.807, 2.05) is 11.4 Å². The van der Waals surface area contributed by atoms with Crippen molar-refractivity contribution in [1.29, 1.82) is 0 Å². The molecule has 1 N–H and O–H groups in total. The van der Waals surface area contributed by atoms with E-state index < -0.39 is 0 Å². The Labute approximate surface area is 115 Å². The van der Waals surface area contributed by atoms with Crippen molar-refractivity contribution < 1.29 is 4.79 Å². The monoisotopic (exact) mass is 315 g/mol. The Morgan fingerprint density at radius 3 is 2.88 bits per heavy atom. The molecule has 0 aliphatic carbocycles. The molecule has 2 nitrogen and oxygen atoms in total. The summed E-state index contributed by atoms with van der Waals surface area (Å²) in [7, 11) is 0. The first-order chi connectivity index (χ1) is 8.25. The van der Waals surface area contributed by atoms with E-state index in [4.69, 9.17) is 0 Å². The van der Waals surface area contributed by atoms with Crippen LogP contribution >= 0.6 is 27.3 Å². The highest BCUT2D eigenvalue weighted by molar-refractivity contribution is 9.10. The number of piperidine rings is 1. The Bertz CT molecular complexity index is 371. The Morgan fingerprint density at radius 2 is 2.24 bits per heavy atom. The molecule has 0 amide bonds. The first-order valence-electron chi connectivity index (χ1n) is 6.20. The fraction of sp³-hybridized carbons (Fsp3) is 0.615. The van der Waals surface area contributed by atoms with E-state index in [9.17, 15) is 4.79 Å². The fourth-order valence-electron chi connectivity index (χ4n) is 2.25. The second-order valence-corrected chi connectivity index (χ2v) is 6.49. The van der Waals surface area contributed by atoms with Crippen LogP contribution in [0.3, 0.4) is 0 Å². The molecule has 1 fully saturated rings. The summed E-state index contributed by atoms with van der Waals surface area (Å²) in [6, 6.07) is 2.01. The van der Waals surface area contributed by atoms with Gasteiger partial charge in [0.15, 0.2) is 0 Å². The third-order valence-electron chi connectivity index (χ3n) is 3.34. The van der Waals surface area contributed by atoms with Gasteiger partial charge >= 0.3 is 0 Å². The number of ketones is 1. The van der Waals surface area contributed by atoms with Gasteiger partial charge in [-0.25, -0.2) is 0 Å². The minimum atomic E-state index is 0.381. The van der Waals surface area contributed by atoms with Crippen LogP contribution in [0.4, 0.5) is 0 Å². The standard InChI is InChI=1S/C13H18BrNOS/c14-12-5-8-17-13(12)9-11(16)2-1-10-3-6-15-7-4-10/h5,8,10,15H,1-4,6-7,9H2. The highest BCUT2D eigenvalue weighted by Crippen LogP contribution is 2.24. The maximum atomic E-state index is 11.9. The molecule has 0 bridgehead atoms. The van der Waals surface area contributed by atoms with Crippen LogP contribution in [0.25, 0.3) is 0 Å². The molecule has 17 heavy (non-hydrogen) atoms. The summed E-state index contributed by atoms with van der Waals surface area (Å²) in [4.78, 5) is 13.0. The minimum Gasteiger partial charge on any atom is -0.317 e. The normalized spacial score (nSPS) is 17.2. The first kappa shape index (κ1) is 13.2. The van der Waals surface area contributed by atoms with Crippen LogP contribution in [0.15, 0.2) is 15.9 Å². The van der Waals surface area contributed by atoms with Crippen molar-refractivity contribution >= 4 is 33.0 Å². The maximum Gasteiger partial charge on any atom is 0.138 e. The molecule has 0 radical (unpaired) electrons. The van der Waals surface area contributed by atoms with Crippen LogP contribution in [-0.4, -0.2) is 18.9 Å². The van der Waals surface area contributed by atoms with Gasteiger partial charge in [0, 0.05) is 22.2 Å². The van der Waals surface area contributed by atoms with Gasteiger partial charge in [-0.3, -0.25) is 4.79 Å². The molecule has 1 aromatic rings. The van der Waals surface area contributed by atoms with Gasteiger partial charge in [0.1, 0.15) is 5.78 Å². The summed E-state index contributed by atoms with van der Waals surface area (Å²) in [6.45, 7) is 2.24. The molecule has 2 heterocycles. The molecule has 0 unspecified atom stereocenters. The number of carbonyl (C=O) groups excluding carboxylic acids is 1. The highest BCUT2D eigenvalue weighted by Gasteiger charge is 2.15. The SMILES string of the molecule is O=C(CCC1CCNCC1)Cc1sccc1Br. The van der Waals surface area contributed by atoms with Crippen LogP contribution in [0.1, 0.15) is 30.6 Å². The van der Waals surface area contributed by atoms with E-state index in [2.05, 4.69) is 21.2 Å². The van der Waals surface area contributed by atoms with Crippen LogP contribution in [-0.2, 0) is 11.2 Å². The lowest BCUT2D eigenvalue weighted by molar-refractivity contribution is -0.118. The summed E-state index contributed by atoms with van der Waals surface area (Å²) < 4.78 is 1.08. The number of carbonyl (C=O) groups is 1. The third-order valence-corrected chi connectivity index (χ3v) is 5.27. The van der Waals surface area contributed by atoms with Crippen molar-refractivity contribution in [2.24, 2.45) is 5.92 Å². The number of thiophene rings is 1. The average molecular weight is 316 g/mol. The van der Waals surface area contributed by atoms with E-state index in [0.29, 0.717) is 12.2 Å². The molecule has 0 saturated carbocycles. The van der Waals surface area contributed by atoms with Gasteiger partial charge in [-0.15, -0.1) is 11.3 Å². The summed E-state index contributed by atoms with van der Waals surface area (Å²) in [5.74, 6) is 1.14. The van der Waals surface area contributed by atoms with Gasteiger partial charge in [-0.05, 0) is 65.6 Å². The lowest BCUT2D eigenvalue weighted by Gasteiger charge is -2.22. The molecule has 1 aromatic heterocycles. The lowest BCUT2D eigenvalue weighted by atomic mass is 9.92. The van der Waals surface area contributed by atoms with Gasteiger partial charge in [0.2, 0.25) is 0 Å². The zero-order chi connectivity index (χ0) is 12.1.